The molecule has 10 N–H and O–H groups in total. The van der Waals surface area contributed by atoms with Crippen LogP contribution in [0.15, 0.2) is 25.0 Å². The van der Waals surface area contributed by atoms with Gasteiger partial charge in [-0.2, -0.15) is 0 Å². The number of nitrogens with one attached hydrogen (secondary N) is 5. The quantitative estimate of drug-likeness (QED) is 0.122. The minimum atomic E-state index is -1.65. The van der Waals surface area contributed by atoms with Crippen LogP contribution in [0.1, 0.15) is 24.7 Å². The molecule has 36 heavy (non-hydrogen) atoms. The second-order valence-corrected chi connectivity index (χ2v) is 7.95. The fourth-order valence-corrected chi connectivity index (χ4v) is 3.13. The Morgan fingerprint density at radius 3 is 1.75 bits per heavy atom. The number of amides is 3. The molecule has 2 aromatic heterocycles. The van der Waals surface area contributed by atoms with E-state index in [4.69, 9.17) is 10.8 Å². The summed E-state index contributed by atoms with van der Waals surface area (Å²) in [5.74, 6) is -5.47. The molecule has 196 valence electrons. The molecule has 5 atom stereocenters. The van der Waals surface area contributed by atoms with Crippen LogP contribution in [-0.2, 0) is 36.8 Å². The number of carbonyl (C=O) groups excluding carboxylic acids is 3. The Hall–Kier alpha value is -4.31. The third kappa shape index (κ3) is 8.48. The highest BCUT2D eigenvalue weighted by atomic mass is 16.4. The lowest BCUT2D eigenvalue weighted by atomic mass is 10.1. The predicted molar refractivity (Wildman–Crippen MR) is 120 cm³/mol. The number of aliphatic hydroxyl groups is 1. The average Bonchev–Trinajstić information content (AvgIpc) is 3.49. The number of nitrogens with two attached hydrogens (primary N) is 1. The van der Waals surface area contributed by atoms with Crippen LogP contribution in [0, 0.1) is 0 Å². The van der Waals surface area contributed by atoms with Crippen molar-refractivity contribution in [2.24, 2.45) is 5.73 Å². The highest BCUT2D eigenvalue weighted by Gasteiger charge is 2.32. The molecule has 0 spiro atoms. The van der Waals surface area contributed by atoms with Gasteiger partial charge in [-0.3, -0.25) is 19.2 Å². The molecular weight excluding hydrogens is 480 g/mol. The number of rotatable bonds is 14. The number of H-pyrrole nitrogens is 2. The van der Waals surface area contributed by atoms with Gasteiger partial charge in [0.1, 0.15) is 12.1 Å². The Morgan fingerprint density at radius 2 is 1.36 bits per heavy atom. The number of aromatic nitrogens is 4. The molecule has 0 aliphatic heterocycles. The predicted octanol–water partition coefficient (Wildman–Crippen LogP) is -3.36. The monoisotopic (exact) mass is 508 g/mol. The fourth-order valence-electron chi connectivity index (χ4n) is 3.13. The summed E-state index contributed by atoms with van der Waals surface area (Å²) in [6.07, 6.45) is 3.13. The van der Waals surface area contributed by atoms with Gasteiger partial charge in [0.15, 0.2) is 6.04 Å². The van der Waals surface area contributed by atoms with Crippen molar-refractivity contribution in [3.05, 3.63) is 36.4 Å². The third-order valence-electron chi connectivity index (χ3n) is 5.00. The van der Waals surface area contributed by atoms with Crippen LogP contribution >= 0.6 is 0 Å². The standard InChI is InChI=1S/C20H28N8O8/c1-9(29)16(20(35)36)28-19(34)14(3-11-6-23-8-25-11)27-18(33)13(2-10-5-22-7-24-10)26-17(32)12(21)4-15(30)31/h5-9,12-14,16,29H,2-4,21H2,1H3,(H,22,24)(H,23,25)(H,26,32)(H,27,33)(H,28,34)(H,30,31)(H,35,36). The van der Waals surface area contributed by atoms with Crippen molar-refractivity contribution < 1.29 is 39.3 Å². The van der Waals surface area contributed by atoms with E-state index in [1.807, 2.05) is 0 Å². The highest BCUT2D eigenvalue weighted by Crippen LogP contribution is 2.05. The van der Waals surface area contributed by atoms with Crippen LogP contribution in [0.25, 0.3) is 0 Å². The molecular formula is C20H28N8O8. The summed E-state index contributed by atoms with van der Waals surface area (Å²) in [5, 5.41) is 34.8. The van der Waals surface area contributed by atoms with Gasteiger partial charge in [-0.15, -0.1) is 0 Å². The molecule has 2 aromatic rings. The van der Waals surface area contributed by atoms with Gasteiger partial charge in [0.2, 0.25) is 17.7 Å². The molecule has 0 aliphatic rings. The first-order chi connectivity index (χ1) is 17.0. The van der Waals surface area contributed by atoms with Gasteiger partial charge in [-0.1, -0.05) is 0 Å². The first-order valence-corrected chi connectivity index (χ1v) is 10.7. The zero-order valence-electron chi connectivity index (χ0n) is 19.2. The van der Waals surface area contributed by atoms with Crippen LogP contribution in [0.5, 0.6) is 0 Å². The number of nitrogens with zero attached hydrogens (tertiary/aromatic N) is 2. The van der Waals surface area contributed by atoms with E-state index >= 15 is 0 Å². The maximum absolute atomic E-state index is 13.2. The van der Waals surface area contributed by atoms with Gasteiger partial charge in [0.25, 0.3) is 0 Å². The van der Waals surface area contributed by atoms with Crippen LogP contribution in [0.2, 0.25) is 0 Å². The molecule has 0 saturated heterocycles. The number of aromatic amines is 2. The van der Waals surface area contributed by atoms with Crippen LogP contribution in [0.3, 0.4) is 0 Å². The SMILES string of the molecule is CC(O)C(NC(=O)C(Cc1cnc[nH]1)NC(=O)C(Cc1cnc[nH]1)NC(=O)C(N)CC(=O)O)C(=O)O. The van der Waals surface area contributed by atoms with E-state index in [1.165, 1.54) is 32.0 Å². The summed E-state index contributed by atoms with van der Waals surface area (Å²) in [4.78, 5) is 73.9. The van der Waals surface area contributed by atoms with Crippen molar-refractivity contribution in [1.29, 1.82) is 0 Å². The summed E-state index contributed by atoms with van der Waals surface area (Å²) in [7, 11) is 0. The van der Waals surface area contributed by atoms with Crippen molar-refractivity contribution in [2.75, 3.05) is 0 Å². The minimum absolute atomic E-state index is 0.110. The molecule has 0 aromatic carbocycles. The summed E-state index contributed by atoms with van der Waals surface area (Å²) >= 11 is 0. The Balaban J connectivity index is 2.24. The molecule has 2 heterocycles. The molecule has 5 unspecified atom stereocenters. The lowest BCUT2D eigenvalue weighted by Gasteiger charge is -2.25. The molecule has 0 aliphatic carbocycles. The van der Waals surface area contributed by atoms with Crippen molar-refractivity contribution in [3.8, 4) is 0 Å². The Bertz CT molecular complexity index is 1040. The van der Waals surface area contributed by atoms with Gasteiger partial charge >= 0.3 is 11.9 Å². The molecule has 3 amide bonds. The highest BCUT2D eigenvalue weighted by molar-refractivity contribution is 5.95. The van der Waals surface area contributed by atoms with Gasteiger partial charge in [0.05, 0.1) is 31.2 Å². The lowest BCUT2D eigenvalue weighted by Crippen LogP contribution is -2.59. The van der Waals surface area contributed by atoms with Gasteiger partial charge in [-0.05, 0) is 6.92 Å². The molecule has 0 saturated carbocycles. The van der Waals surface area contributed by atoms with Crippen LogP contribution < -0.4 is 21.7 Å². The molecule has 0 bridgehead atoms. The summed E-state index contributed by atoms with van der Waals surface area (Å²) in [5.41, 5.74) is 6.46. The Morgan fingerprint density at radius 1 is 0.889 bits per heavy atom. The topological polar surface area (TPSA) is 266 Å². The van der Waals surface area contributed by atoms with Crippen molar-refractivity contribution >= 4 is 29.7 Å². The Kier molecular flexibility index (Phi) is 10.1. The van der Waals surface area contributed by atoms with E-state index in [2.05, 4.69) is 35.9 Å². The molecule has 0 radical (unpaired) electrons. The molecule has 16 nitrogen and oxygen atoms in total. The van der Waals surface area contributed by atoms with Gasteiger partial charge in [0, 0.05) is 36.6 Å². The normalized spacial score (nSPS) is 15.1. The first kappa shape index (κ1) is 27.9. The number of hydrogen-bond acceptors (Lipinski definition) is 9. The second kappa shape index (κ2) is 13.0. The number of carbonyl (C=O) groups is 5. The van der Waals surface area contributed by atoms with E-state index < -0.39 is 66.4 Å². The first-order valence-electron chi connectivity index (χ1n) is 10.7. The number of carboxylic acids is 2. The van der Waals surface area contributed by atoms with E-state index in [0.29, 0.717) is 11.4 Å². The third-order valence-corrected chi connectivity index (χ3v) is 5.00. The number of hydrogen-bond donors (Lipinski definition) is 9. The number of aliphatic carboxylic acids is 2. The van der Waals surface area contributed by atoms with Crippen LogP contribution in [0.4, 0.5) is 0 Å². The number of imidazole rings is 2. The van der Waals surface area contributed by atoms with E-state index in [1.54, 1.807) is 0 Å². The smallest absolute Gasteiger partial charge is 0.328 e. The Labute approximate surface area is 204 Å². The zero-order chi connectivity index (χ0) is 26.8. The summed E-state index contributed by atoms with van der Waals surface area (Å²) < 4.78 is 0. The van der Waals surface area contributed by atoms with Crippen molar-refractivity contribution in [1.82, 2.24) is 35.9 Å². The number of aliphatic hydroxyl groups excluding tert-OH is 1. The van der Waals surface area contributed by atoms with E-state index in [9.17, 15) is 34.2 Å². The largest absolute Gasteiger partial charge is 0.481 e. The molecule has 0 fully saturated rings. The second-order valence-electron chi connectivity index (χ2n) is 7.95. The molecule has 16 heteroatoms. The van der Waals surface area contributed by atoms with Crippen molar-refractivity contribution in [2.45, 2.75) is 56.5 Å². The average molecular weight is 508 g/mol. The lowest BCUT2D eigenvalue weighted by molar-refractivity contribution is -0.145. The summed E-state index contributed by atoms with van der Waals surface area (Å²) in [6, 6.07) is -5.73. The van der Waals surface area contributed by atoms with Gasteiger partial charge in [-0.25, -0.2) is 14.8 Å². The van der Waals surface area contributed by atoms with E-state index in [-0.39, 0.29) is 12.8 Å². The van der Waals surface area contributed by atoms with Gasteiger partial charge < -0.3 is 47.0 Å². The minimum Gasteiger partial charge on any atom is -0.481 e. The van der Waals surface area contributed by atoms with E-state index in [0.717, 1.165) is 0 Å². The van der Waals surface area contributed by atoms with Crippen molar-refractivity contribution in [3.63, 3.8) is 0 Å². The fraction of sp³-hybridized carbons (Fsp3) is 0.450. The maximum atomic E-state index is 13.2. The molecule has 2 rings (SSSR count). The zero-order valence-corrected chi connectivity index (χ0v) is 19.2. The van der Waals surface area contributed by atoms with Crippen LogP contribution in [-0.4, -0.2) is 95.2 Å². The summed E-state index contributed by atoms with van der Waals surface area (Å²) in [6.45, 7) is 1.18. The number of carboxylic acid groups (broad SMARTS) is 2. The maximum Gasteiger partial charge on any atom is 0.328 e.